The molecule has 0 unspecified atom stereocenters. The number of hydrogen-bond acceptors (Lipinski definition) is 1. The summed E-state index contributed by atoms with van der Waals surface area (Å²) in [5.74, 6) is 0.489. The molecule has 0 N–H and O–H groups in total. The molecule has 1 aromatic rings. The third-order valence-corrected chi connectivity index (χ3v) is 1.51. The number of aromatic nitrogens is 1. The van der Waals surface area contributed by atoms with Crippen LogP contribution in [0.4, 0.5) is 0 Å². The average molecular weight is 131 g/mol. The molecule has 1 rings (SSSR count). The molecule has 0 atom stereocenters. The number of pyridine rings is 1. The maximum atomic E-state index is 5.66. The molecule has 0 aromatic carbocycles. The first-order valence-electron chi connectivity index (χ1n) is 3.41. The fourth-order valence-electron chi connectivity index (χ4n) is 0.943. The van der Waals surface area contributed by atoms with Crippen molar-refractivity contribution in [2.24, 2.45) is 0 Å². The van der Waals surface area contributed by atoms with Crippen LogP contribution in [0.5, 0.6) is 0 Å². The molecule has 2 heteroatoms. The summed E-state index contributed by atoms with van der Waals surface area (Å²) in [7, 11) is 5.66. The fraction of sp³-hybridized carbons (Fsp3) is 0.375. The molecule has 0 fully saturated rings. The van der Waals surface area contributed by atoms with Crippen LogP contribution in [0.15, 0.2) is 18.5 Å². The van der Waals surface area contributed by atoms with Gasteiger partial charge >= 0.3 is 0 Å². The van der Waals surface area contributed by atoms with Crippen LogP contribution in [0.25, 0.3) is 0 Å². The van der Waals surface area contributed by atoms with Crippen molar-refractivity contribution in [2.45, 2.75) is 19.8 Å². The zero-order chi connectivity index (χ0) is 7.56. The molecule has 0 saturated carbocycles. The van der Waals surface area contributed by atoms with E-state index in [1.807, 2.05) is 6.07 Å². The summed E-state index contributed by atoms with van der Waals surface area (Å²) in [6.45, 7) is 4.23. The Bertz CT molecular complexity index is 220. The number of hydrogen-bond donors (Lipinski definition) is 0. The van der Waals surface area contributed by atoms with E-state index in [9.17, 15) is 0 Å². The molecule has 1 nitrogen and oxygen atoms in total. The molecular formula is C8H10BN. The first-order valence-corrected chi connectivity index (χ1v) is 3.41. The van der Waals surface area contributed by atoms with E-state index in [0.29, 0.717) is 5.92 Å². The van der Waals surface area contributed by atoms with E-state index >= 15 is 0 Å². The number of rotatable bonds is 1. The Balaban J connectivity index is 3.03. The molecule has 0 amide bonds. The average Bonchev–Trinajstić information content (AvgIpc) is 1.88. The third kappa shape index (κ3) is 1.38. The Morgan fingerprint density at radius 1 is 1.50 bits per heavy atom. The summed E-state index contributed by atoms with van der Waals surface area (Å²) in [5, 5.41) is 0. The van der Waals surface area contributed by atoms with Crippen LogP contribution in [-0.4, -0.2) is 12.8 Å². The largest absolute Gasteiger partial charge is 0.265 e. The molecule has 1 heterocycles. The van der Waals surface area contributed by atoms with E-state index in [2.05, 4.69) is 18.8 Å². The molecule has 0 aliphatic carbocycles. The van der Waals surface area contributed by atoms with E-state index < -0.39 is 0 Å². The van der Waals surface area contributed by atoms with E-state index in [1.54, 1.807) is 12.4 Å². The summed E-state index contributed by atoms with van der Waals surface area (Å²) in [6, 6.07) is 1.96. The summed E-state index contributed by atoms with van der Waals surface area (Å²) in [6.07, 6.45) is 3.46. The first-order chi connectivity index (χ1) is 4.72. The molecule has 0 aliphatic rings. The Morgan fingerprint density at radius 3 is 2.60 bits per heavy atom. The van der Waals surface area contributed by atoms with Gasteiger partial charge in [-0.1, -0.05) is 19.3 Å². The minimum absolute atomic E-state index is 0.489. The topological polar surface area (TPSA) is 12.9 Å². The number of nitrogens with zero attached hydrogens (tertiary/aromatic N) is 1. The monoisotopic (exact) mass is 131 g/mol. The lowest BCUT2D eigenvalue weighted by Gasteiger charge is -2.07. The van der Waals surface area contributed by atoms with Crippen LogP contribution in [0.2, 0.25) is 0 Å². The van der Waals surface area contributed by atoms with Gasteiger partial charge in [0.1, 0.15) is 7.85 Å². The van der Waals surface area contributed by atoms with E-state index in [-0.39, 0.29) is 0 Å². The minimum atomic E-state index is 0.489. The van der Waals surface area contributed by atoms with Crippen LogP contribution in [0.3, 0.4) is 0 Å². The van der Waals surface area contributed by atoms with Crippen molar-refractivity contribution in [3.8, 4) is 0 Å². The summed E-state index contributed by atoms with van der Waals surface area (Å²) in [5.41, 5.74) is 1.97. The Kier molecular flexibility index (Phi) is 2.10. The molecule has 0 spiro atoms. The SMILES string of the molecule is [B]c1cnccc1C(C)C. The van der Waals surface area contributed by atoms with Gasteiger partial charge in [-0.05, 0) is 17.5 Å². The van der Waals surface area contributed by atoms with Crippen LogP contribution in [0, 0.1) is 0 Å². The highest BCUT2D eigenvalue weighted by atomic mass is 14.6. The molecule has 0 aliphatic heterocycles. The standard InChI is InChI=1S/C8H10BN/c1-6(2)7-3-4-10-5-8(7)9/h3-6H,1-2H3. The van der Waals surface area contributed by atoms with Crippen LogP contribution in [-0.2, 0) is 0 Å². The quantitative estimate of drug-likeness (QED) is 0.518. The zero-order valence-electron chi connectivity index (χ0n) is 6.33. The van der Waals surface area contributed by atoms with Gasteiger partial charge in [-0.25, -0.2) is 0 Å². The summed E-state index contributed by atoms with van der Waals surface area (Å²) in [4.78, 5) is 3.90. The Morgan fingerprint density at radius 2 is 2.20 bits per heavy atom. The van der Waals surface area contributed by atoms with Crippen molar-refractivity contribution in [3.05, 3.63) is 24.0 Å². The second-order valence-electron chi connectivity index (χ2n) is 2.66. The smallest absolute Gasteiger partial charge is 0.116 e. The van der Waals surface area contributed by atoms with Crippen LogP contribution in [0.1, 0.15) is 25.3 Å². The third-order valence-electron chi connectivity index (χ3n) is 1.51. The Hall–Kier alpha value is -0.785. The van der Waals surface area contributed by atoms with Crippen molar-refractivity contribution in [1.82, 2.24) is 4.98 Å². The van der Waals surface area contributed by atoms with Gasteiger partial charge in [0.2, 0.25) is 0 Å². The minimum Gasteiger partial charge on any atom is -0.265 e. The highest BCUT2D eigenvalue weighted by Crippen LogP contribution is 2.08. The van der Waals surface area contributed by atoms with Crippen LogP contribution >= 0.6 is 0 Å². The van der Waals surface area contributed by atoms with Gasteiger partial charge < -0.3 is 0 Å². The van der Waals surface area contributed by atoms with Gasteiger partial charge in [0, 0.05) is 12.4 Å². The fourth-order valence-corrected chi connectivity index (χ4v) is 0.943. The predicted octanol–water partition coefficient (Wildman–Crippen LogP) is 0.999. The lowest BCUT2D eigenvalue weighted by atomic mass is 9.87. The highest BCUT2D eigenvalue weighted by Gasteiger charge is 1.99. The van der Waals surface area contributed by atoms with Crippen molar-refractivity contribution in [3.63, 3.8) is 0 Å². The zero-order valence-corrected chi connectivity index (χ0v) is 6.33. The molecular weight excluding hydrogens is 121 g/mol. The van der Waals surface area contributed by atoms with Crippen molar-refractivity contribution >= 4 is 13.3 Å². The molecule has 2 radical (unpaired) electrons. The summed E-state index contributed by atoms with van der Waals surface area (Å²) < 4.78 is 0. The van der Waals surface area contributed by atoms with Crippen LogP contribution < -0.4 is 5.46 Å². The molecule has 10 heavy (non-hydrogen) atoms. The van der Waals surface area contributed by atoms with Gasteiger partial charge in [0.25, 0.3) is 0 Å². The molecule has 50 valence electrons. The first kappa shape index (κ1) is 7.32. The Labute approximate surface area is 62.9 Å². The second kappa shape index (κ2) is 2.87. The van der Waals surface area contributed by atoms with Gasteiger partial charge in [-0.3, -0.25) is 4.98 Å². The van der Waals surface area contributed by atoms with E-state index in [4.69, 9.17) is 7.85 Å². The summed E-state index contributed by atoms with van der Waals surface area (Å²) >= 11 is 0. The highest BCUT2D eigenvalue weighted by molar-refractivity contribution is 6.33. The molecule has 0 bridgehead atoms. The maximum Gasteiger partial charge on any atom is 0.116 e. The van der Waals surface area contributed by atoms with Crippen molar-refractivity contribution < 1.29 is 0 Å². The van der Waals surface area contributed by atoms with Crippen molar-refractivity contribution in [2.75, 3.05) is 0 Å². The van der Waals surface area contributed by atoms with E-state index in [0.717, 1.165) is 5.46 Å². The lowest BCUT2D eigenvalue weighted by molar-refractivity contribution is 0.870. The van der Waals surface area contributed by atoms with Gasteiger partial charge in [0.15, 0.2) is 0 Å². The molecule has 0 saturated heterocycles. The van der Waals surface area contributed by atoms with Gasteiger partial charge in [-0.2, -0.15) is 0 Å². The van der Waals surface area contributed by atoms with Crippen molar-refractivity contribution in [1.29, 1.82) is 0 Å². The second-order valence-corrected chi connectivity index (χ2v) is 2.66. The predicted molar refractivity (Wildman–Crippen MR) is 43.7 cm³/mol. The normalized spacial score (nSPS) is 10.3. The van der Waals surface area contributed by atoms with E-state index in [1.165, 1.54) is 5.56 Å². The van der Waals surface area contributed by atoms with Gasteiger partial charge in [-0.15, -0.1) is 0 Å². The lowest BCUT2D eigenvalue weighted by Crippen LogP contribution is -2.11. The maximum absolute atomic E-state index is 5.66. The molecule has 1 aromatic heterocycles. The van der Waals surface area contributed by atoms with Gasteiger partial charge in [0.05, 0.1) is 0 Å².